The van der Waals surface area contributed by atoms with Gasteiger partial charge >= 0.3 is 0 Å². The number of fused-ring (bicyclic) bond motifs is 1. The molecule has 3 heterocycles. The molecule has 1 aromatic heterocycles. The number of aromatic amines is 1. The second kappa shape index (κ2) is 14.5. The van der Waals surface area contributed by atoms with E-state index in [4.69, 9.17) is 9.47 Å². The Kier molecular flexibility index (Phi) is 10.0. The Labute approximate surface area is 287 Å². The number of anilines is 1. The summed E-state index contributed by atoms with van der Waals surface area (Å²) in [6, 6.07) is 21.2. The van der Waals surface area contributed by atoms with E-state index in [0.717, 1.165) is 37.4 Å². The Morgan fingerprint density at radius 3 is 2.31 bits per heavy atom. The number of carbonyl (C=O) groups excluding carboxylic acids is 3. The third-order valence-electron chi connectivity index (χ3n) is 9.81. The number of carbonyl (C=O) groups is 3. The SMILES string of the molecule is COc1ccc([C@@H](CCCNC(=O)c2c(C)n[nH]c2C)N2C(=O)c3cccc(N4CCN([C@H](C)c5ccccc5)CC4)c3C2=O)cc1OC. The molecule has 0 spiro atoms. The van der Waals surface area contributed by atoms with Crippen molar-refractivity contribution in [3.8, 4) is 11.5 Å². The van der Waals surface area contributed by atoms with Gasteiger partial charge in [-0.05, 0) is 69.0 Å². The molecule has 1 fully saturated rings. The quantitative estimate of drug-likeness (QED) is 0.151. The number of aryl methyl sites for hydroxylation is 2. The van der Waals surface area contributed by atoms with E-state index in [0.29, 0.717) is 59.0 Å². The van der Waals surface area contributed by atoms with E-state index in [1.807, 2.05) is 37.3 Å². The minimum Gasteiger partial charge on any atom is -0.493 e. The number of ether oxygens (including phenoxy) is 2. The minimum atomic E-state index is -0.599. The second-order valence-corrected chi connectivity index (χ2v) is 12.6. The van der Waals surface area contributed by atoms with Crippen LogP contribution in [0.5, 0.6) is 11.5 Å². The van der Waals surface area contributed by atoms with Crippen molar-refractivity contribution < 1.29 is 23.9 Å². The van der Waals surface area contributed by atoms with Crippen molar-refractivity contribution in [3.63, 3.8) is 0 Å². The molecular formula is C38H44N6O5. The number of methoxy groups -OCH3 is 2. The molecule has 1 saturated heterocycles. The molecule has 11 nitrogen and oxygen atoms in total. The average molecular weight is 665 g/mol. The van der Waals surface area contributed by atoms with Crippen LogP contribution in [0.15, 0.2) is 66.7 Å². The van der Waals surface area contributed by atoms with Gasteiger partial charge in [0.15, 0.2) is 11.5 Å². The fourth-order valence-corrected chi connectivity index (χ4v) is 7.10. The topological polar surface area (TPSA) is 120 Å². The van der Waals surface area contributed by atoms with Crippen molar-refractivity contribution in [1.29, 1.82) is 0 Å². The summed E-state index contributed by atoms with van der Waals surface area (Å²) in [4.78, 5) is 47.5. The van der Waals surface area contributed by atoms with Gasteiger partial charge in [-0.15, -0.1) is 0 Å². The maximum atomic E-state index is 14.4. The molecular weight excluding hydrogens is 620 g/mol. The number of nitrogens with zero attached hydrogens (tertiary/aromatic N) is 4. The summed E-state index contributed by atoms with van der Waals surface area (Å²) >= 11 is 0. The van der Waals surface area contributed by atoms with E-state index in [1.165, 1.54) is 10.5 Å². The van der Waals surface area contributed by atoms with Crippen LogP contribution in [-0.4, -0.2) is 84.7 Å². The van der Waals surface area contributed by atoms with Gasteiger partial charge in [-0.2, -0.15) is 5.10 Å². The van der Waals surface area contributed by atoms with Crippen LogP contribution in [0.25, 0.3) is 0 Å². The smallest absolute Gasteiger partial charge is 0.264 e. The molecule has 6 rings (SSSR count). The Morgan fingerprint density at radius 1 is 0.898 bits per heavy atom. The molecule has 11 heteroatoms. The van der Waals surface area contributed by atoms with E-state index >= 15 is 0 Å². The van der Waals surface area contributed by atoms with E-state index < -0.39 is 6.04 Å². The molecule has 0 bridgehead atoms. The van der Waals surface area contributed by atoms with Crippen LogP contribution < -0.4 is 19.7 Å². The monoisotopic (exact) mass is 664 g/mol. The van der Waals surface area contributed by atoms with Gasteiger partial charge in [-0.25, -0.2) is 0 Å². The number of nitrogens with one attached hydrogen (secondary N) is 2. The molecule has 3 amide bonds. The van der Waals surface area contributed by atoms with Gasteiger partial charge in [0.1, 0.15) is 0 Å². The van der Waals surface area contributed by atoms with Gasteiger partial charge in [0.25, 0.3) is 17.7 Å². The molecule has 2 atom stereocenters. The number of aromatic nitrogens is 2. The van der Waals surface area contributed by atoms with Gasteiger partial charge in [0, 0.05) is 44.5 Å². The van der Waals surface area contributed by atoms with Crippen LogP contribution in [0, 0.1) is 13.8 Å². The van der Waals surface area contributed by atoms with Crippen LogP contribution in [-0.2, 0) is 0 Å². The number of amides is 3. The Hall–Kier alpha value is -5.16. The van der Waals surface area contributed by atoms with Gasteiger partial charge in [-0.3, -0.25) is 29.3 Å². The lowest BCUT2D eigenvalue weighted by Gasteiger charge is -2.39. The first-order valence-electron chi connectivity index (χ1n) is 16.8. The van der Waals surface area contributed by atoms with E-state index in [1.54, 1.807) is 33.3 Å². The number of benzene rings is 3. The zero-order valence-corrected chi connectivity index (χ0v) is 28.8. The fraction of sp³-hybridized carbons (Fsp3) is 0.368. The lowest BCUT2D eigenvalue weighted by molar-refractivity contribution is 0.0570. The summed E-state index contributed by atoms with van der Waals surface area (Å²) in [5.41, 5.74) is 5.52. The fourth-order valence-electron chi connectivity index (χ4n) is 7.10. The standard InChI is InChI=1S/C38H44N6O5/c1-24-34(25(2)41-40-24)36(45)39-18-10-15-30(28-16-17-32(48-4)33(23-28)49-5)44-37(46)29-13-9-14-31(35(29)38(44)47)43-21-19-42(20-22-43)26(3)27-11-7-6-8-12-27/h6-9,11-14,16-17,23,26,30H,10,15,18-22H2,1-5H3,(H,39,45)(H,40,41)/t26-,30-/m1/s1. The molecule has 256 valence electrons. The third kappa shape index (κ3) is 6.63. The maximum Gasteiger partial charge on any atom is 0.264 e. The molecule has 49 heavy (non-hydrogen) atoms. The maximum absolute atomic E-state index is 14.4. The molecule has 2 N–H and O–H groups in total. The van der Waals surface area contributed by atoms with Crippen molar-refractivity contribution in [2.45, 2.75) is 45.7 Å². The zero-order valence-electron chi connectivity index (χ0n) is 28.8. The number of H-pyrrole nitrogens is 1. The van der Waals surface area contributed by atoms with Gasteiger partial charge in [0.05, 0.1) is 48.3 Å². The largest absolute Gasteiger partial charge is 0.493 e. The summed E-state index contributed by atoms with van der Waals surface area (Å²) in [5.74, 6) is 0.198. The van der Waals surface area contributed by atoms with Crippen LogP contribution in [0.4, 0.5) is 5.69 Å². The van der Waals surface area contributed by atoms with Crippen LogP contribution in [0.3, 0.4) is 0 Å². The van der Waals surface area contributed by atoms with Crippen molar-refractivity contribution >= 4 is 23.4 Å². The molecule has 3 aromatic carbocycles. The number of hydrogen-bond acceptors (Lipinski definition) is 8. The molecule has 2 aliphatic rings. The number of rotatable bonds is 12. The highest BCUT2D eigenvalue weighted by Crippen LogP contribution is 2.40. The molecule has 0 unspecified atom stereocenters. The molecule has 4 aromatic rings. The van der Waals surface area contributed by atoms with Crippen molar-refractivity contribution in [2.24, 2.45) is 0 Å². The highest BCUT2D eigenvalue weighted by atomic mass is 16.5. The minimum absolute atomic E-state index is 0.213. The van der Waals surface area contributed by atoms with E-state index in [2.05, 4.69) is 56.5 Å². The summed E-state index contributed by atoms with van der Waals surface area (Å²) < 4.78 is 11.1. The summed E-state index contributed by atoms with van der Waals surface area (Å²) in [5, 5.41) is 9.94. The predicted octanol–water partition coefficient (Wildman–Crippen LogP) is 5.47. The van der Waals surface area contributed by atoms with Crippen LogP contribution in [0.1, 0.15) is 85.4 Å². The van der Waals surface area contributed by atoms with Crippen molar-refractivity contribution in [2.75, 3.05) is 51.8 Å². The summed E-state index contributed by atoms with van der Waals surface area (Å²) in [7, 11) is 3.12. The lowest BCUT2D eigenvalue weighted by atomic mass is 9.99. The number of hydrogen-bond donors (Lipinski definition) is 2. The molecule has 0 radical (unpaired) electrons. The number of piperazine rings is 1. The Balaban J connectivity index is 1.23. The molecule has 2 aliphatic heterocycles. The van der Waals surface area contributed by atoms with Crippen LogP contribution >= 0.6 is 0 Å². The highest BCUT2D eigenvalue weighted by Gasteiger charge is 2.43. The first kappa shape index (κ1) is 33.7. The summed E-state index contributed by atoms with van der Waals surface area (Å²) in [6.45, 7) is 9.33. The van der Waals surface area contributed by atoms with Crippen molar-refractivity contribution in [1.82, 2.24) is 25.3 Å². The first-order chi connectivity index (χ1) is 23.7. The summed E-state index contributed by atoms with van der Waals surface area (Å²) in [6.07, 6.45) is 0.943. The zero-order chi connectivity index (χ0) is 34.7. The third-order valence-corrected chi connectivity index (χ3v) is 9.81. The first-order valence-corrected chi connectivity index (χ1v) is 16.8. The van der Waals surface area contributed by atoms with Gasteiger partial charge < -0.3 is 19.7 Å². The van der Waals surface area contributed by atoms with Crippen molar-refractivity contribution in [3.05, 3.63) is 106 Å². The van der Waals surface area contributed by atoms with Gasteiger partial charge in [0.2, 0.25) is 0 Å². The van der Waals surface area contributed by atoms with E-state index in [9.17, 15) is 14.4 Å². The van der Waals surface area contributed by atoms with Gasteiger partial charge in [-0.1, -0.05) is 42.5 Å². The normalized spacial score (nSPS) is 16.0. The number of imide groups is 1. The van der Waals surface area contributed by atoms with E-state index in [-0.39, 0.29) is 23.8 Å². The highest BCUT2D eigenvalue weighted by molar-refractivity contribution is 6.24. The lowest BCUT2D eigenvalue weighted by Crippen LogP contribution is -2.47. The van der Waals surface area contributed by atoms with Crippen LogP contribution in [0.2, 0.25) is 0 Å². The predicted molar refractivity (Wildman–Crippen MR) is 188 cm³/mol. The Bertz CT molecular complexity index is 1810. The Morgan fingerprint density at radius 2 is 1.63 bits per heavy atom. The molecule has 0 aliphatic carbocycles. The second-order valence-electron chi connectivity index (χ2n) is 12.6. The average Bonchev–Trinajstić information content (AvgIpc) is 3.61. The molecule has 0 saturated carbocycles.